The number of rotatable bonds is 3. The van der Waals surface area contributed by atoms with Gasteiger partial charge in [-0.3, -0.25) is 4.79 Å². The number of nitrogens with one attached hydrogen (secondary N) is 1. The molecule has 1 aliphatic heterocycles. The molecule has 98 valence electrons. The SMILES string of the molecule is CNCC1CCCN1C(=O)c1cc(O)ccc1Cl. The van der Waals surface area contributed by atoms with Gasteiger partial charge < -0.3 is 15.3 Å². The van der Waals surface area contributed by atoms with Crippen LogP contribution in [0.3, 0.4) is 0 Å². The Morgan fingerprint density at radius 3 is 3.11 bits per heavy atom. The molecule has 0 bridgehead atoms. The largest absolute Gasteiger partial charge is 0.508 e. The lowest BCUT2D eigenvalue weighted by atomic mass is 10.1. The van der Waals surface area contributed by atoms with Gasteiger partial charge in [0.25, 0.3) is 5.91 Å². The minimum Gasteiger partial charge on any atom is -0.508 e. The summed E-state index contributed by atoms with van der Waals surface area (Å²) in [5, 5.41) is 12.9. The van der Waals surface area contributed by atoms with Gasteiger partial charge in [0.1, 0.15) is 5.75 Å². The van der Waals surface area contributed by atoms with Gasteiger partial charge in [0.05, 0.1) is 10.6 Å². The molecule has 1 aromatic carbocycles. The van der Waals surface area contributed by atoms with Gasteiger partial charge in [0.2, 0.25) is 0 Å². The lowest BCUT2D eigenvalue weighted by molar-refractivity contribution is 0.0737. The van der Waals surface area contributed by atoms with Crippen molar-refractivity contribution in [3.63, 3.8) is 0 Å². The third-order valence-corrected chi connectivity index (χ3v) is 3.59. The molecule has 1 atom stereocenters. The highest BCUT2D eigenvalue weighted by atomic mass is 35.5. The maximum Gasteiger partial charge on any atom is 0.255 e. The number of carbonyl (C=O) groups is 1. The molecule has 1 unspecified atom stereocenters. The summed E-state index contributed by atoms with van der Waals surface area (Å²) in [7, 11) is 1.88. The third-order valence-electron chi connectivity index (χ3n) is 3.26. The van der Waals surface area contributed by atoms with Gasteiger partial charge in [-0.05, 0) is 38.1 Å². The average Bonchev–Trinajstić information content (AvgIpc) is 2.80. The molecule has 4 nitrogen and oxygen atoms in total. The molecule has 0 saturated carbocycles. The first-order valence-corrected chi connectivity index (χ1v) is 6.45. The summed E-state index contributed by atoms with van der Waals surface area (Å²) in [6.07, 6.45) is 2.01. The number of benzene rings is 1. The van der Waals surface area contributed by atoms with E-state index >= 15 is 0 Å². The predicted molar refractivity (Wildman–Crippen MR) is 71.1 cm³/mol. The molecule has 0 aliphatic carbocycles. The Hall–Kier alpha value is -1.26. The van der Waals surface area contributed by atoms with Gasteiger partial charge in [-0.2, -0.15) is 0 Å². The first-order chi connectivity index (χ1) is 8.63. The Morgan fingerprint density at radius 1 is 1.61 bits per heavy atom. The minimum atomic E-state index is -0.103. The van der Waals surface area contributed by atoms with Crippen molar-refractivity contribution >= 4 is 17.5 Å². The summed E-state index contributed by atoms with van der Waals surface area (Å²) >= 11 is 6.02. The topological polar surface area (TPSA) is 52.6 Å². The molecular formula is C13H17ClN2O2. The number of hydrogen-bond donors (Lipinski definition) is 2. The fourth-order valence-electron chi connectivity index (χ4n) is 2.38. The normalized spacial score (nSPS) is 19.2. The molecule has 0 aromatic heterocycles. The second-order valence-corrected chi connectivity index (χ2v) is 4.92. The summed E-state index contributed by atoms with van der Waals surface area (Å²) in [5.74, 6) is -0.0410. The number of carbonyl (C=O) groups excluding carboxylic acids is 1. The second-order valence-electron chi connectivity index (χ2n) is 4.52. The number of phenols is 1. The van der Waals surface area contributed by atoms with Crippen LogP contribution in [0.1, 0.15) is 23.2 Å². The van der Waals surface area contributed by atoms with E-state index in [0.29, 0.717) is 10.6 Å². The first kappa shape index (κ1) is 13.2. The van der Waals surface area contributed by atoms with Gasteiger partial charge >= 0.3 is 0 Å². The van der Waals surface area contributed by atoms with Crippen LogP contribution in [-0.2, 0) is 0 Å². The fourth-order valence-corrected chi connectivity index (χ4v) is 2.58. The fraction of sp³-hybridized carbons (Fsp3) is 0.462. The van der Waals surface area contributed by atoms with Gasteiger partial charge in [-0.15, -0.1) is 0 Å². The van der Waals surface area contributed by atoms with Crippen LogP contribution < -0.4 is 5.32 Å². The lowest BCUT2D eigenvalue weighted by Gasteiger charge is -2.25. The number of halogens is 1. The van der Waals surface area contributed by atoms with Crippen molar-refractivity contribution in [2.24, 2.45) is 0 Å². The molecule has 1 fully saturated rings. The standard InChI is InChI=1S/C13H17ClN2O2/c1-15-8-9-3-2-6-16(9)13(18)11-7-10(17)4-5-12(11)14/h4-5,7,9,15,17H,2-3,6,8H2,1H3. The van der Waals surface area contributed by atoms with Gasteiger partial charge in [0, 0.05) is 19.1 Å². The van der Waals surface area contributed by atoms with Crippen LogP contribution in [0, 0.1) is 0 Å². The summed E-state index contributed by atoms with van der Waals surface area (Å²) in [4.78, 5) is 14.2. The first-order valence-electron chi connectivity index (χ1n) is 6.07. The average molecular weight is 269 g/mol. The number of hydrogen-bond acceptors (Lipinski definition) is 3. The van der Waals surface area contributed by atoms with Crippen molar-refractivity contribution in [2.45, 2.75) is 18.9 Å². The van der Waals surface area contributed by atoms with Crippen molar-refractivity contribution in [1.82, 2.24) is 10.2 Å². The van der Waals surface area contributed by atoms with E-state index in [1.165, 1.54) is 12.1 Å². The molecule has 1 saturated heterocycles. The van der Waals surface area contributed by atoms with Crippen LogP contribution in [0.15, 0.2) is 18.2 Å². The maximum atomic E-state index is 12.4. The zero-order chi connectivity index (χ0) is 13.1. The van der Waals surface area contributed by atoms with E-state index < -0.39 is 0 Å². The summed E-state index contributed by atoms with van der Waals surface area (Å²) in [5.41, 5.74) is 0.375. The van der Waals surface area contributed by atoms with Gasteiger partial charge in [-0.1, -0.05) is 11.6 Å². The van der Waals surface area contributed by atoms with Gasteiger partial charge in [-0.25, -0.2) is 0 Å². The Bertz CT molecular complexity index is 451. The highest BCUT2D eigenvalue weighted by Crippen LogP contribution is 2.26. The van der Waals surface area contributed by atoms with E-state index in [0.717, 1.165) is 25.9 Å². The number of nitrogens with zero attached hydrogens (tertiary/aromatic N) is 1. The van der Waals surface area contributed by atoms with E-state index in [-0.39, 0.29) is 17.7 Å². The molecule has 18 heavy (non-hydrogen) atoms. The van der Waals surface area contributed by atoms with Crippen molar-refractivity contribution in [2.75, 3.05) is 20.1 Å². The molecule has 1 aromatic rings. The van der Waals surface area contributed by atoms with Crippen LogP contribution in [0.5, 0.6) is 5.75 Å². The summed E-state index contributed by atoms with van der Waals surface area (Å²) in [6.45, 7) is 1.53. The molecule has 1 aliphatic rings. The summed E-state index contributed by atoms with van der Waals surface area (Å²) < 4.78 is 0. The Morgan fingerprint density at radius 2 is 2.39 bits per heavy atom. The van der Waals surface area contributed by atoms with E-state index in [9.17, 15) is 9.90 Å². The second kappa shape index (κ2) is 5.59. The third kappa shape index (κ3) is 2.60. The van der Waals surface area contributed by atoms with Crippen LogP contribution in [0.25, 0.3) is 0 Å². The van der Waals surface area contributed by atoms with Crippen molar-refractivity contribution in [3.05, 3.63) is 28.8 Å². The highest BCUT2D eigenvalue weighted by Gasteiger charge is 2.29. The highest BCUT2D eigenvalue weighted by molar-refractivity contribution is 6.33. The van der Waals surface area contributed by atoms with Crippen molar-refractivity contribution in [1.29, 1.82) is 0 Å². The predicted octanol–water partition coefficient (Wildman–Crippen LogP) is 1.87. The zero-order valence-electron chi connectivity index (χ0n) is 10.3. The number of amides is 1. The molecule has 0 spiro atoms. The Balaban J connectivity index is 2.22. The van der Waals surface area contributed by atoms with Crippen molar-refractivity contribution in [3.8, 4) is 5.75 Å². The number of likely N-dealkylation sites (tertiary alicyclic amines) is 1. The minimum absolute atomic E-state index is 0.0621. The number of aromatic hydroxyl groups is 1. The Labute approximate surface area is 112 Å². The smallest absolute Gasteiger partial charge is 0.255 e. The van der Waals surface area contributed by atoms with Crippen LogP contribution >= 0.6 is 11.6 Å². The quantitative estimate of drug-likeness (QED) is 0.880. The Kier molecular flexibility index (Phi) is 4.09. The molecule has 1 amide bonds. The van der Waals surface area contributed by atoms with E-state index in [1.807, 2.05) is 11.9 Å². The van der Waals surface area contributed by atoms with Crippen LogP contribution in [-0.4, -0.2) is 42.1 Å². The van der Waals surface area contributed by atoms with Gasteiger partial charge in [0.15, 0.2) is 0 Å². The molecule has 5 heteroatoms. The number of likely N-dealkylation sites (N-methyl/N-ethyl adjacent to an activating group) is 1. The monoisotopic (exact) mass is 268 g/mol. The van der Waals surface area contributed by atoms with E-state index in [1.54, 1.807) is 6.07 Å². The zero-order valence-corrected chi connectivity index (χ0v) is 11.1. The lowest BCUT2D eigenvalue weighted by Crippen LogP contribution is -2.40. The molecular weight excluding hydrogens is 252 g/mol. The van der Waals surface area contributed by atoms with Crippen LogP contribution in [0.4, 0.5) is 0 Å². The number of phenolic OH excluding ortho intramolecular Hbond substituents is 1. The molecule has 1 heterocycles. The molecule has 2 N–H and O–H groups in total. The maximum absolute atomic E-state index is 12.4. The van der Waals surface area contributed by atoms with Crippen molar-refractivity contribution < 1.29 is 9.90 Å². The van der Waals surface area contributed by atoms with E-state index in [2.05, 4.69) is 5.32 Å². The summed E-state index contributed by atoms with van der Waals surface area (Å²) in [6, 6.07) is 4.67. The molecule has 2 rings (SSSR count). The molecule has 0 radical (unpaired) electrons. The van der Waals surface area contributed by atoms with E-state index in [4.69, 9.17) is 11.6 Å². The van der Waals surface area contributed by atoms with Crippen LogP contribution in [0.2, 0.25) is 5.02 Å².